The van der Waals surface area contributed by atoms with E-state index in [2.05, 4.69) is 24.1 Å². The Morgan fingerprint density at radius 1 is 1.45 bits per heavy atom. The third-order valence-electron chi connectivity index (χ3n) is 4.68. The first-order valence-corrected chi connectivity index (χ1v) is 8.00. The Hall–Kier alpha value is -0.650. The third-order valence-corrected chi connectivity index (χ3v) is 4.68. The zero-order chi connectivity index (χ0) is 14.6. The van der Waals surface area contributed by atoms with Crippen molar-refractivity contribution in [2.75, 3.05) is 32.8 Å². The molecule has 1 saturated heterocycles. The number of nitrogens with zero attached hydrogens (tertiary/aromatic N) is 1. The summed E-state index contributed by atoms with van der Waals surface area (Å²) in [6, 6.07) is 0.407. The second-order valence-electron chi connectivity index (χ2n) is 6.14. The summed E-state index contributed by atoms with van der Waals surface area (Å²) in [7, 11) is 0. The monoisotopic (exact) mass is 283 g/mol. The maximum absolute atomic E-state index is 12.2. The van der Waals surface area contributed by atoms with Crippen molar-refractivity contribution in [2.24, 2.45) is 11.7 Å². The minimum Gasteiger partial charge on any atom is -0.378 e. The predicted octanol–water partition coefficient (Wildman–Crippen LogP) is 0.731. The summed E-state index contributed by atoms with van der Waals surface area (Å²) < 4.78 is 5.56. The van der Waals surface area contributed by atoms with Crippen LogP contribution in [0.3, 0.4) is 0 Å². The Morgan fingerprint density at radius 3 is 2.75 bits per heavy atom. The average Bonchev–Trinajstić information content (AvgIpc) is 3.28. The van der Waals surface area contributed by atoms with Gasteiger partial charge in [0.2, 0.25) is 5.91 Å². The standard InChI is InChI=1S/C15H29N3O2/c1-3-7-17-15(14(16)19,12-5-6-12)11-18-8-9-20-10-13(18)4-2/h12-13,17H,3-11H2,1-2H3,(H2,16,19). The molecule has 2 fully saturated rings. The lowest BCUT2D eigenvalue weighted by molar-refractivity contribution is -0.127. The molecular weight excluding hydrogens is 254 g/mol. The first-order valence-electron chi connectivity index (χ1n) is 8.00. The van der Waals surface area contributed by atoms with E-state index in [1.165, 1.54) is 0 Å². The predicted molar refractivity (Wildman–Crippen MR) is 79.4 cm³/mol. The molecule has 0 aromatic rings. The van der Waals surface area contributed by atoms with E-state index in [4.69, 9.17) is 10.5 Å². The molecule has 1 saturated carbocycles. The molecule has 20 heavy (non-hydrogen) atoms. The highest BCUT2D eigenvalue weighted by molar-refractivity contribution is 5.86. The minimum absolute atomic E-state index is 0.185. The fourth-order valence-corrected chi connectivity index (χ4v) is 3.21. The number of nitrogens with two attached hydrogens (primary N) is 1. The molecule has 0 spiro atoms. The quantitative estimate of drug-likeness (QED) is 0.689. The molecule has 0 aromatic carbocycles. The SMILES string of the molecule is CCCNC(CN1CCOCC1CC)(C(N)=O)C1CC1. The molecule has 2 unspecified atom stereocenters. The second kappa shape index (κ2) is 6.87. The smallest absolute Gasteiger partial charge is 0.239 e. The fraction of sp³-hybridized carbons (Fsp3) is 0.933. The van der Waals surface area contributed by atoms with Crippen LogP contribution in [0.1, 0.15) is 39.5 Å². The number of amides is 1. The molecule has 0 aromatic heterocycles. The van der Waals surface area contributed by atoms with Crippen LogP contribution in [-0.2, 0) is 9.53 Å². The number of rotatable bonds is 8. The highest BCUT2D eigenvalue weighted by Gasteiger charge is 2.50. The lowest BCUT2D eigenvalue weighted by atomic mass is 9.90. The number of hydrogen-bond acceptors (Lipinski definition) is 4. The summed E-state index contributed by atoms with van der Waals surface area (Å²) in [6.45, 7) is 8.29. The summed E-state index contributed by atoms with van der Waals surface area (Å²) in [5.74, 6) is 0.224. The van der Waals surface area contributed by atoms with Crippen molar-refractivity contribution in [2.45, 2.75) is 51.1 Å². The van der Waals surface area contributed by atoms with Gasteiger partial charge in [0.15, 0.2) is 0 Å². The molecule has 0 radical (unpaired) electrons. The number of hydrogen-bond donors (Lipinski definition) is 2. The van der Waals surface area contributed by atoms with Crippen LogP contribution < -0.4 is 11.1 Å². The molecule has 5 nitrogen and oxygen atoms in total. The molecule has 2 rings (SSSR count). The van der Waals surface area contributed by atoms with Gasteiger partial charge < -0.3 is 15.8 Å². The molecule has 1 amide bonds. The van der Waals surface area contributed by atoms with Gasteiger partial charge in [-0.05, 0) is 38.1 Å². The average molecular weight is 283 g/mol. The van der Waals surface area contributed by atoms with Crippen LogP contribution in [0.2, 0.25) is 0 Å². The van der Waals surface area contributed by atoms with Crippen LogP contribution >= 0.6 is 0 Å². The van der Waals surface area contributed by atoms with E-state index in [1.807, 2.05) is 0 Å². The van der Waals surface area contributed by atoms with E-state index < -0.39 is 5.54 Å². The van der Waals surface area contributed by atoms with Gasteiger partial charge in [-0.1, -0.05) is 13.8 Å². The van der Waals surface area contributed by atoms with Gasteiger partial charge in [0.1, 0.15) is 5.54 Å². The number of carbonyl (C=O) groups is 1. The molecule has 1 aliphatic heterocycles. The summed E-state index contributed by atoms with van der Waals surface area (Å²) >= 11 is 0. The van der Waals surface area contributed by atoms with Gasteiger partial charge in [0, 0.05) is 19.1 Å². The van der Waals surface area contributed by atoms with Gasteiger partial charge >= 0.3 is 0 Å². The first-order chi connectivity index (χ1) is 9.64. The molecule has 2 aliphatic rings. The van der Waals surface area contributed by atoms with Gasteiger partial charge in [-0.15, -0.1) is 0 Å². The van der Waals surface area contributed by atoms with Crippen molar-refractivity contribution in [3.63, 3.8) is 0 Å². The Labute approximate surface area is 122 Å². The number of nitrogens with one attached hydrogen (secondary N) is 1. The molecule has 2 atom stereocenters. The lowest BCUT2D eigenvalue weighted by Crippen LogP contribution is -2.65. The van der Waals surface area contributed by atoms with Crippen molar-refractivity contribution >= 4 is 5.91 Å². The van der Waals surface area contributed by atoms with Crippen LogP contribution in [0.5, 0.6) is 0 Å². The fourth-order valence-electron chi connectivity index (χ4n) is 3.21. The van der Waals surface area contributed by atoms with Crippen molar-refractivity contribution in [3.05, 3.63) is 0 Å². The van der Waals surface area contributed by atoms with E-state index in [0.717, 1.165) is 58.5 Å². The van der Waals surface area contributed by atoms with Crippen LogP contribution in [-0.4, -0.2) is 55.2 Å². The minimum atomic E-state index is -0.541. The van der Waals surface area contributed by atoms with Gasteiger partial charge in [0.05, 0.1) is 13.2 Å². The zero-order valence-corrected chi connectivity index (χ0v) is 12.9. The number of primary amides is 1. The third kappa shape index (κ3) is 3.32. The van der Waals surface area contributed by atoms with E-state index >= 15 is 0 Å². The van der Waals surface area contributed by atoms with Gasteiger partial charge in [-0.3, -0.25) is 9.69 Å². The Balaban J connectivity index is 2.11. The number of morpholine rings is 1. The molecular formula is C15H29N3O2. The summed E-state index contributed by atoms with van der Waals surface area (Å²) in [4.78, 5) is 14.6. The van der Waals surface area contributed by atoms with Crippen molar-refractivity contribution < 1.29 is 9.53 Å². The highest BCUT2D eigenvalue weighted by Crippen LogP contribution is 2.40. The Kier molecular flexibility index (Phi) is 5.41. The zero-order valence-electron chi connectivity index (χ0n) is 12.9. The maximum atomic E-state index is 12.2. The summed E-state index contributed by atoms with van der Waals surface area (Å²) in [5, 5.41) is 3.48. The van der Waals surface area contributed by atoms with Crippen molar-refractivity contribution in [1.82, 2.24) is 10.2 Å². The van der Waals surface area contributed by atoms with Gasteiger partial charge in [-0.25, -0.2) is 0 Å². The highest BCUT2D eigenvalue weighted by atomic mass is 16.5. The summed E-state index contributed by atoms with van der Waals surface area (Å²) in [6.07, 6.45) is 4.29. The molecule has 0 bridgehead atoms. The van der Waals surface area contributed by atoms with Crippen LogP contribution in [0.15, 0.2) is 0 Å². The first kappa shape index (κ1) is 15.7. The maximum Gasteiger partial charge on any atom is 0.239 e. The summed E-state index contributed by atoms with van der Waals surface area (Å²) in [5.41, 5.74) is 5.26. The number of carbonyl (C=O) groups excluding carboxylic acids is 1. The molecule has 5 heteroatoms. The van der Waals surface area contributed by atoms with Gasteiger partial charge in [0.25, 0.3) is 0 Å². The van der Waals surface area contributed by atoms with Crippen LogP contribution in [0, 0.1) is 5.92 Å². The Morgan fingerprint density at radius 2 is 2.20 bits per heavy atom. The Bertz CT molecular complexity index is 333. The number of ether oxygens (including phenoxy) is 1. The van der Waals surface area contributed by atoms with E-state index in [9.17, 15) is 4.79 Å². The van der Waals surface area contributed by atoms with Gasteiger partial charge in [-0.2, -0.15) is 0 Å². The van der Waals surface area contributed by atoms with E-state index in [0.29, 0.717) is 12.0 Å². The lowest BCUT2D eigenvalue weighted by Gasteiger charge is -2.42. The molecule has 1 heterocycles. The van der Waals surface area contributed by atoms with Crippen molar-refractivity contribution in [3.8, 4) is 0 Å². The van der Waals surface area contributed by atoms with E-state index in [-0.39, 0.29) is 5.91 Å². The second-order valence-corrected chi connectivity index (χ2v) is 6.14. The largest absolute Gasteiger partial charge is 0.378 e. The molecule has 116 valence electrons. The van der Waals surface area contributed by atoms with Crippen LogP contribution in [0.4, 0.5) is 0 Å². The normalized spacial score (nSPS) is 27.2. The van der Waals surface area contributed by atoms with Crippen LogP contribution in [0.25, 0.3) is 0 Å². The van der Waals surface area contributed by atoms with E-state index in [1.54, 1.807) is 0 Å². The topological polar surface area (TPSA) is 67.6 Å². The van der Waals surface area contributed by atoms with Crippen molar-refractivity contribution in [1.29, 1.82) is 0 Å². The molecule has 1 aliphatic carbocycles. The molecule has 3 N–H and O–H groups in total.